The Morgan fingerprint density at radius 1 is 1.37 bits per heavy atom. The van der Waals surface area contributed by atoms with Gasteiger partial charge in [0.25, 0.3) is 0 Å². The van der Waals surface area contributed by atoms with Gasteiger partial charge in [-0.25, -0.2) is 4.39 Å². The molecule has 0 spiro atoms. The molecule has 2 N–H and O–H groups in total. The van der Waals surface area contributed by atoms with Crippen molar-refractivity contribution in [3.05, 3.63) is 34.1 Å². The van der Waals surface area contributed by atoms with Gasteiger partial charge in [0.15, 0.2) is 0 Å². The van der Waals surface area contributed by atoms with Crippen LogP contribution < -0.4 is 5.73 Å². The number of benzene rings is 1. The zero-order valence-electron chi connectivity index (χ0n) is 11.6. The second kappa shape index (κ2) is 5.90. The first-order valence-corrected chi connectivity index (χ1v) is 7.65. The Morgan fingerprint density at radius 3 is 2.58 bits per heavy atom. The molecule has 1 heterocycles. The summed E-state index contributed by atoms with van der Waals surface area (Å²) in [6, 6.07) is 5.12. The van der Waals surface area contributed by atoms with Crippen molar-refractivity contribution in [2.24, 2.45) is 5.73 Å². The van der Waals surface area contributed by atoms with E-state index in [4.69, 9.17) is 5.73 Å². The number of nitrogens with two attached hydrogens (primary N) is 1. The second-order valence-corrected chi connectivity index (χ2v) is 6.81. The van der Waals surface area contributed by atoms with Gasteiger partial charge in [-0.2, -0.15) is 0 Å². The van der Waals surface area contributed by atoms with E-state index in [1.165, 1.54) is 18.9 Å². The lowest BCUT2D eigenvalue weighted by molar-refractivity contribution is 0.123. The van der Waals surface area contributed by atoms with Crippen molar-refractivity contribution in [2.45, 2.75) is 44.7 Å². The molecule has 1 aliphatic heterocycles. The first-order valence-electron chi connectivity index (χ1n) is 6.86. The lowest BCUT2D eigenvalue weighted by atomic mass is 9.88. The first-order chi connectivity index (χ1) is 8.91. The van der Waals surface area contributed by atoms with Gasteiger partial charge in [0.05, 0.1) is 0 Å². The van der Waals surface area contributed by atoms with Gasteiger partial charge in [-0.15, -0.1) is 0 Å². The minimum Gasteiger partial charge on any atom is -0.326 e. The third kappa shape index (κ3) is 3.36. The van der Waals surface area contributed by atoms with Crippen molar-refractivity contribution in [3.63, 3.8) is 0 Å². The highest BCUT2D eigenvalue weighted by atomic mass is 79.9. The number of rotatable bonds is 4. The van der Waals surface area contributed by atoms with Crippen molar-refractivity contribution in [1.82, 2.24) is 4.90 Å². The van der Waals surface area contributed by atoms with Gasteiger partial charge in [-0.05, 0) is 63.9 Å². The highest BCUT2D eigenvalue weighted by molar-refractivity contribution is 9.10. The monoisotopic (exact) mass is 328 g/mol. The van der Waals surface area contributed by atoms with Crippen LogP contribution in [0.25, 0.3) is 0 Å². The van der Waals surface area contributed by atoms with Crippen LogP contribution in [-0.4, -0.2) is 29.6 Å². The maximum absolute atomic E-state index is 13.9. The molecule has 19 heavy (non-hydrogen) atoms. The molecule has 106 valence electrons. The number of nitrogens with zero attached hydrogens (tertiary/aromatic N) is 1. The number of likely N-dealkylation sites (tertiary alicyclic amines) is 1. The van der Waals surface area contributed by atoms with Gasteiger partial charge in [0, 0.05) is 16.1 Å². The fourth-order valence-corrected chi connectivity index (χ4v) is 3.04. The second-order valence-electron chi connectivity index (χ2n) is 5.89. The number of halogens is 2. The molecule has 0 bridgehead atoms. The number of hydrogen-bond donors (Lipinski definition) is 1. The van der Waals surface area contributed by atoms with Crippen LogP contribution in [0.5, 0.6) is 0 Å². The van der Waals surface area contributed by atoms with Crippen molar-refractivity contribution in [2.75, 3.05) is 13.1 Å². The molecule has 1 atom stereocenters. The minimum absolute atomic E-state index is 0.0683. The molecule has 0 aromatic heterocycles. The van der Waals surface area contributed by atoms with Gasteiger partial charge in [0.2, 0.25) is 0 Å². The minimum atomic E-state index is -0.179. The van der Waals surface area contributed by atoms with Gasteiger partial charge in [-0.3, -0.25) is 4.90 Å². The van der Waals surface area contributed by atoms with Crippen LogP contribution in [0.3, 0.4) is 0 Å². The van der Waals surface area contributed by atoms with Crippen molar-refractivity contribution < 1.29 is 4.39 Å². The summed E-state index contributed by atoms with van der Waals surface area (Å²) < 4.78 is 14.6. The van der Waals surface area contributed by atoms with Crippen LogP contribution in [-0.2, 0) is 6.42 Å². The molecule has 0 amide bonds. The van der Waals surface area contributed by atoms with Crippen LogP contribution in [0.4, 0.5) is 4.39 Å². The topological polar surface area (TPSA) is 29.3 Å². The highest BCUT2D eigenvalue weighted by Crippen LogP contribution is 2.26. The van der Waals surface area contributed by atoms with Gasteiger partial charge >= 0.3 is 0 Å². The highest BCUT2D eigenvalue weighted by Gasteiger charge is 2.34. The zero-order valence-corrected chi connectivity index (χ0v) is 13.2. The Morgan fingerprint density at radius 2 is 2.00 bits per heavy atom. The average Bonchev–Trinajstić information content (AvgIpc) is 2.86. The Bertz CT molecular complexity index is 442. The van der Waals surface area contributed by atoms with Crippen LogP contribution in [0.15, 0.2) is 22.7 Å². The molecule has 4 heteroatoms. The van der Waals surface area contributed by atoms with Crippen LogP contribution in [0, 0.1) is 5.82 Å². The molecule has 2 nitrogen and oxygen atoms in total. The maximum atomic E-state index is 13.9. The lowest BCUT2D eigenvalue weighted by Crippen LogP contribution is -2.56. The predicted molar refractivity (Wildman–Crippen MR) is 80.7 cm³/mol. The summed E-state index contributed by atoms with van der Waals surface area (Å²) in [5, 5.41) is 0. The number of hydrogen-bond acceptors (Lipinski definition) is 2. The Kier molecular flexibility index (Phi) is 4.64. The molecule has 2 rings (SSSR count). The lowest BCUT2D eigenvalue weighted by Gasteiger charge is -2.40. The molecular weight excluding hydrogens is 307 g/mol. The molecule has 1 saturated heterocycles. The molecular formula is C15H22BrFN2. The summed E-state index contributed by atoms with van der Waals surface area (Å²) in [5.74, 6) is -0.179. The van der Waals surface area contributed by atoms with Crippen LogP contribution >= 0.6 is 15.9 Å². The Labute approximate surface area is 123 Å². The van der Waals surface area contributed by atoms with E-state index in [0.717, 1.165) is 17.6 Å². The van der Waals surface area contributed by atoms with Crippen LogP contribution in [0.2, 0.25) is 0 Å². The SMILES string of the molecule is CC(C)(C(N)Cc1ccc(Br)cc1F)N1CCCC1. The molecule has 0 aliphatic carbocycles. The summed E-state index contributed by atoms with van der Waals surface area (Å²) in [5.41, 5.74) is 6.96. The predicted octanol–water partition coefficient (Wildman–Crippen LogP) is 3.33. The molecule has 0 radical (unpaired) electrons. The summed E-state index contributed by atoms with van der Waals surface area (Å²) in [7, 11) is 0. The van der Waals surface area contributed by atoms with Gasteiger partial charge in [-0.1, -0.05) is 22.0 Å². The van der Waals surface area contributed by atoms with Crippen molar-refractivity contribution in [3.8, 4) is 0 Å². The fraction of sp³-hybridized carbons (Fsp3) is 0.600. The molecule has 1 aliphatic rings. The van der Waals surface area contributed by atoms with Crippen LogP contribution in [0.1, 0.15) is 32.3 Å². The Hall–Kier alpha value is -0.450. The third-order valence-electron chi connectivity index (χ3n) is 4.28. The third-order valence-corrected chi connectivity index (χ3v) is 4.78. The Balaban J connectivity index is 2.09. The summed E-state index contributed by atoms with van der Waals surface area (Å²) in [6.07, 6.45) is 3.05. The molecule has 1 aromatic carbocycles. The van der Waals surface area contributed by atoms with Gasteiger partial charge in [0.1, 0.15) is 5.82 Å². The van der Waals surface area contributed by atoms with E-state index in [0.29, 0.717) is 12.0 Å². The molecule has 1 fully saturated rings. The van der Waals surface area contributed by atoms with E-state index in [-0.39, 0.29) is 17.4 Å². The van der Waals surface area contributed by atoms with E-state index in [9.17, 15) is 4.39 Å². The molecule has 0 saturated carbocycles. The summed E-state index contributed by atoms with van der Waals surface area (Å²) >= 11 is 3.28. The first kappa shape index (κ1) is 14.9. The van der Waals surface area contributed by atoms with Crippen molar-refractivity contribution >= 4 is 15.9 Å². The van der Waals surface area contributed by atoms with E-state index in [2.05, 4.69) is 34.7 Å². The molecule has 1 aromatic rings. The van der Waals surface area contributed by atoms with E-state index < -0.39 is 0 Å². The zero-order chi connectivity index (χ0) is 14.0. The smallest absolute Gasteiger partial charge is 0.127 e. The van der Waals surface area contributed by atoms with E-state index in [1.807, 2.05) is 12.1 Å². The van der Waals surface area contributed by atoms with E-state index >= 15 is 0 Å². The van der Waals surface area contributed by atoms with Crippen molar-refractivity contribution in [1.29, 1.82) is 0 Å². The fourth-order valence-electron chi connectivity index (χ4n) is 2.70. The summed E-state index contributed by atoms with van der Waals surface area (Å²) in [6.45, 7) is 6.53. The normalized spacial score (nSPS) is 18.8. The standard InChI is InChI=1S/C15H22BrFN2/c1-15(2,19-7-3-4-8-19)14(18)9-11-5-6-12(16)10-13(11)17/h5-6,10,14H,3-4,7-9,18H2,1-2H3. The van der Waals surface area contributed by atoms with Gasteiger partial charge < -0.3 is 5.73 Å². The maximum Gasteiger partial charge on any atom is 0.127 e. The summed E-state index contributed by atoms with van der Waals surface area (Å²) in [4.78, 5) is 2.43. The largest absolute Gasteiger partial charge is 0.326 e. The quantitative estimate of drug-likeness (QED) is 0.918. The average molecular weight is 329 g/mol. The molecule has 1 unspecified atom stereocenters. The van der Waals surface area contributed by atoms with E-state index in [1.54, 1.807) is 0 Å².